The number of aliphatic hydroxyl groups is 2. The molecule has 0 saturated carbocycles. The molecule has 6 nitrogen and oxygen atoms in total. The van der Waals surface area contributed by atoms with E-state index in [4.69, 9.17) is 20.3 Å². The average molecular weight is 284 g/mol. The summed E-state index contributed by atoms with van der Waals surface area (Å²) in [5, 5.41) is 18.9. The molecule has 0 saturated heterocycles. The normalized spacial score (nSPS) is 12.6. The van der Waals surface area contributed by atoms with E-state index in [0.29, 0.717) is 37.7 Å². The molecule has 0 aromatic heterocycles. The third-order valence-corrected chi connectivity index (χ3v) is 2.80. The lowest BCUT2D eigenvalue weighted by atomic mass is 10.3. The first kappa shape index (κ1) is 16.7. The first-order valence-corrected chi connectivity index (χ1v) is 6.64. The van der Waals surface area contributed by atoms with Gasteiger partial charge >= 0.3 is 0 Å². The molecule has 1 unspecified atom stereocenters. The number of aliphatic hydroxyl groups excluding tert-OH is 2. The van der Waals surface area contributed by atoms with Gasteiger partial charge in [-0.15, -0.1) is 0 Å². The van der Waals surface area contributed by atoms with Gasteiger partial charge in [-0.2, -0.15) is 0 Å². The van der Waals surface area contributed by atoms with Gasteiger partial charge in [0.15, 0.2) is 0 Å². The molecule has 1 atom stereocenters. The van der Waals surface area contributed by atoms with Gasteiger partial charge in [-0.05, 0) is 12.1 Å². The lowest BCUT2D eigenvalue weighted by Crippen LogP contribution is -2.39. The van der Waals surface area contributed by atoms with E-state index >= 15 is 0 Å². The molecule has 1 aromatic rings. The van der Waals surface area contributed by atoms with Gasteiger partial charge in [-0.1, -0.05) is 6.07 Å². The summed E-state index contributed by atoms with van der Waals surface area (Å²) in [4.78, 5) is 1.93. The van der Waals surface area contributed by atoms with E-state index in [1.165, 1.54) is 0 Å². The van der Waals surface area contributed by atoms with Crippen molar-refractivity contribution in [3.05, 3.63) is 24.3 Å². The summed E-state index contributed by atoms with van der Waals surface area (Å²) < 4.78 is 10.5. The molecule has 20 heavy (non-hydrogen) atoms. The van der Waals surface area contributed by atoms with Crippen LogP contribution >= 0.6 is 0 Å². The molecule has 6 heteroatoms. The van der Waals surface area contributed by atoms with Crippen molar-refractivity contribution in [2.24, 2.45) is 0 Å². The molecule has 0 aliphatic carbocycles. The van der Waals surface area contributed by atoms with Crippen LogP contribution in [0.5, 0.6) is 5.75 Å². The zero-order valence-electron chi connectivity index (χ0n) is 11.9. The Morgan fingerprint density at radius 1 is 1.35 bits per heavy atom. The minimum absolute atomic E-state index is 0.0481. The molecule has 4 N–H and O–H groups in total. The van der Waals surface area contributed by atoms with Gasteiger partial charge in [-0.25, -0.2) is 0 Å². The van der Waals surface area contributed by atoms with Gasteiger partial charge in [0.05, 0.1) is 13.2 Å². The third kappa shape index (κ3) is 6.72. The highest BCUT2D eigenvalue weighted by Gasteiger charge is 2.12. The van der Waals surface area contributed by atoms with E-state index in [1.807, 2.05) is 4.90 Å². The second-order valence-corrected chi connectivity index (χ2v) is 4.55. The number of hydrogen-bond donors (Lipinski definition) is 3. The lowest BCUT2D eigenvalue weighted by Gasteiger charge is -2.24. The first-order chi connectivity index (χ1) is 9.65. The fraction of sp³-hybridized carbons (Fsp3) is 0.571. The van der Waals surface area contributed by atoms with Crippen LogP contribution in [0.25, 0.3) is 0 Å². The van der Waals surface area contributed by atoms with Crippen molar-refractivity contribution in [3.8, 4) is 5.75 Å². The largest absolute Gasteiger partial charge is 0.491 e. The summed E-state index contributed by atoms with van der Waals surface area (Å²) in [5.74, 6) is 0.634. The Hall–Kier alpha value is -1.34. The van der Waals surface area contributed by atoms with Crippen LogP contribution in [0.1, 0.15) is 0 Å². The summed E-state index contributed by atoms with van der Waals surface area (Å²) in [6, 6.07) is 7.08. The number of ether oxygens (including phenoxy) is 2. The van der Waals surface area contributed by atoms with Crippen LogP contribution in [-0.2, 0) is 4.74 Å². The third-order valence-electron chi connectivity index (χ3n) is 2.80. The summed E-state index contributed by atoms with van der Waals surface area (Å²) in [7, 11) is 1.62. The first-order valence-electron chi connectivity index (χ1n) is 6.64. The molecule has 0 aliphatic rings. The smallest absolute Gasteiger partial charge is 0.121 e. The van der Waals surface area contributed by atoms with Crippen LogP contribution < -0.4 is 10.5 Å². The maximum absolute atomic E-state index is 9.96. The zero-order chi connectivity index (χ0) is 14.8. The standard InChI is InChI=1S/C14H24N2O4/c1-19-8-6-16(5-7-17)10-13(18)11-20-14-4-2-3-12(15)9-14/h2-4,9,13,17-18H,5-8,10-11,15H2,1H3. The van der Waals surface area contributed by atoms with E-state index in [2.05, 4.69) is 0 Å². The Morgan fingerprint density at radius 3 is 2.80 bits per heavy atom. The highest BCUT2D eigenvalue weighted by molar-refractivity contribution is 5.43. The Kier molecular flexibility index (Phi) is 7.98. The summed E-state index contributed by atoms with van der Waals surface area (Å²) in [6.45, 7) is 2.37. The molecule has 0 heterocycles. The number of hydrogen-bond acceptors (Lipinski definition) is 6. The summed E-state index contributed by atoms with van der Waals surface area (Å²) in [5.41, 5.74) is 6.27. The Labute approximate surface area is 119 Å². The molecule has 1 rings (SSSR count). The number of nitrogens with two attached hydrogens (primary N) is 1. The number of anilines is 1. The van der Waals surface area contributed by atoms with Gasteiger partial charge in [0.2, 0.25) is 0 Å². The molecule has 0 amide bonds. The Balaban J connectivity index is 2.35. The van der Waals surface area contributed by atoms with Gasteiger partial charge in [0, 0.05) is 38.5 Å². The number of nitrogen functional groups attached to an aromatic ring is 1. The highest BCUT2D eigenvalue weighted by atomic mass is 16.5. The molecular weight excluding hydrogens is 260 g/mol. The predicted octanol–water partition coefficient (Wildman–Crippen LogP) is -0.0508. The van der Waals surface area contributed by atoms with Gasteiger partial charge in [0.25, 0.3) is 0 Å². The molecule has 0 spiro atoms. The molecule has 0 radical (unpaired) electrons. The monoisotopic (exact) mass is 284 g/mol. The molecule has 114 valence electrons. The number of methoxy groups -OCH3 is 1. The highest BCUT2D eigenvalue weighted by Crippen LogP contribution is 2.14. The number of benzene rings is 1. The van der Waals surface area contributed by atoms with Crippen LogP contribution in [0.4, 0.5) is 5.69 Å². The van der Waals surface area contributed by atoms with Crippen molar-refractivity contribution in [1.29, 1.82) is 0 Å². The minimum atomic E-state index is -0.639. The molecule has 0 bridgehead atoms. The van der Waals surface area contributed by atoms with E-state index < -0.39 is 6.10 Å². The van der Waals surface area contributed by atoms with Gasteiger partial charge in [-0.3, -0.25) is 4.90 Å². The molecular formula is C14H24N2O4. The molecule has 0 aliphatic heterocycles. The van der Waals surface area contributed by atoms with Crippen molar-refractivity contribution < 1.29 is 19.7 Å². The topological polar surface area (TPSA) is 88.2 Å². The van der Waals surface area contributed by atoms with E-state index in [-0.39, 0.29) is 13.2 Å². The second-order valence-electron chi connectivity index (χ2n) is 4.55. The van der Waals surface area contributed by atoms with Crippen molar-refractivity contribution in [2.75, 3.05) is 52.3 Å². The minimum Gasteiger partial charge on any atom is -0.491 e. The van der Waals surface area contributed by atoms with Crippen LogP contribution in [0, 0.1) is 0 Å². The maximum Gasteiger partial charge on any atom is 0.121 e. The van der Waals surface area contributed by atoms with Crippen molar-refractivity contribution in [2.45, 2.75) is 6.10 Å². The van der Waals surface area contributed by atoms with Crippen LogP contribution in [0.3, 0.4) is 0 Å². The SMILES string of the molecule is COCCN(CCO)CC(O)COc1cccc(N)c1. The maximum atomic E-state index is 9.96. The van der Waals surface area contributed by atoms with E-state index in [9.17, 15) is 5.11 Å². The van der Waals surface area contributed by atoms with E-state index in [0.717, 1.165) is 0 Å². The van der Waals surface area contributed by atoms with Crippen molar-refractivity contribution in [3.63, 3.8) is 0 Å². The predicted molar refractivity (Wildman–Crippen MR) is 77.8 cm³/mol. The van der Waals surface area contributed by atoms with Crippen LogP contribution in [-0.4, -0.2) is 67.8 Å². The van der Waals surface area contributed by atoms with Crippen molar-refractivity contribution in [1.82, 2.24) is 4.90 Å². The van der Waals surface area contributed by atoms with Crippen LogP contribution in [0.15, 0.2) is 24.3 Å². The molecule has 0 fully saturated rings. The van der Waals surface area contributed by atoms with Gasteiger partial charge in [0.1, 0.15) is 18.5 Å². The van der Waals surface area contributed by atoms with Gasteiger partial charge < -0.3 is 25.4 Å². The zero-order valence-corrected chi connectivity index (χ0v) is 11.9. The lowest BCUT2D eigenvalue weighted by molar-refractivity contribution is 0.0505. The van der Waals surface area contributed by atoms with E-state index in [1.54, 1.807) is 31.4 Å². The van der Waals surface area contributed by atoms with Crippen LogP contribution in [0.2, 0.25) is 0 Å². The van der Waals surface area contributed by atoms with Crippen molar-refractivity contribution >= 4 is 5.69 Å². The number of nitrogens with zero attached hydrogens (tertiary/aromatic N) is 1. The number of rotatable bonds is 10. The second kappa shape index (κ2) is 9.55. The Morgan fingerprint density at radius 2 is 2.15 bits per heavy atom. The fourth-order valence-electron chi connectivity index (χ4n) is 1.80. The quantitative estimate of drug-likeness (QED) is 0.522. The summed E-state index contributed by atoms with van der Waals surface area (Å²) >= 11 is 0. The average Bonchev–Trinajstić information content (AvgIpc) is 2.43. The molecule has 1 aromatic carbocycles. The summed E-state index contributed by atoms with van der Waals surface area (Å²) in [6.07, 6.45) is -0.639. The Bertz CT molecular complexity index is 376. The fourth-order valence-corrected chi connectivity index (χ4v) is 1.80.